The molecule has 174 valence electrons. The number of amides is 1. The number of nitrogens with one attached hydrogen (secondary N) is 1. The maximum absolute atomic E-state index is 12.6. The van der Waals surface area contributed by atoms with E-state index in [4.69, 9.17) is 27.9 Å². The number of hydrogen-bond donors (Lipinski definition) is 1. The van der Waals surface area contributed by atoms with E-state index in [0.29, 0.717) is 31.2 Å². The highest BCUT2D eigenvalue weighted by Crippen LogP contribution is 2.28. The van der Waals surface area contributed by atoms with E-state index in [0.717, 1.165) is 11.3 Å². The number of piperazine rings is 1. The number of sulfonamides is 1. The molecule has 1 saturated heterocycles. The summed E-state index contributed by atoms with van der Waals surface area (Å²) in [6.07, 6.45) is 0. The fourth-order valence-corrected chi connectivity index (χ4v) is 5.24. The lowest BCUT2D eigenvalue weighted by molar-refractivity contribution is -0.133. The van der Waals surface area contributed by atoms with Crippen molar-refractivity contribution < 1.29 is 17.9 Å². The molecule has 1 amide bonds. The summed E-state index contributed by atoms with van der Waals surface area (Å²) < 4.78 is 32.6. The van der Waals surface area contributed by atoms with Crippen molar-refractivity contribution >= 4 is 44.8 Å². The van der Waals surface area contributed by atoms with Crippen LogP contribution in [0.15, 0.2) is 41.3 Å². The Bertz CT molecular complexity index is 1080. The van der Waals surface area contributed by atoms with Gasteiger partial charge in [-0.05, 0) is 56.7 Å². The lowest BCUT2D eigenvalue weighted by Gasteiger charge is -2.36. The van der Waals surface area contributed by atoms with Gasteiger partial charge in [-0.25, -0.2) is 13.1 Å². The average molecular weight is 500 g/mol. The number of carbonyl (C=O) groups excluding carboxylic acids is 1. The molecule has 0 unspecified atom stereocenters. The molecule has 0 saturated carbocycles. The summed E-state index contributed by atoms with van der Waals surface area (Å²) in [5.41, 5.74) is 2.22. The van der Waals surface area contributed by atoms with Gasteiger partial charge in [-0.1, -0.05) is 29.3 Å². The molecule has 0 spiro atoms. The van der Waals surface area contributed by atoms with Crippen LogP contribution in [0.1, 0.15) is 19.4 Å². The summed E-state index contributed by atoms with van der Waals surface area (Å²) in [4.78, 5) is 16.6. The topological polar surface area (TPSA) is 79.0 Å². The molecule has 0 bridgehead atoms. The number of aryl methyl sites for hydroxylation is 1. The monoisotopic (exact) mass is 499 g/mol. The van der Waals surface area contributed by atoms with Gasteiger partial charge >= 0.3 is 0 Å². The standard InChI is InChI=1S/C22H27Cl2N3O4S/c1-15(2)25-32(29,30)18-6-7-21(19(24)13-18)31-14-22(28)27-10-8-26(9-11-27)20-12-17(23)5-4-16(20)3/h4-7,12-13,15,25H,8-11,14H2,1-3H3. The number of benzene rings is 2. The molecule has 10 heteroatoms. The first-order valence-electron chi connectivity index (χ1n) is 10.3. The molecule has 1 heterocycles. The van der Waals surface area contributed by atoms with E-state index in [1.54, 1.807) is 18.7 Å². The van der Waals surface area contributed by atoms with Gasteiger partial charge in [-0.2, -0.15) is 0 Å². The second kappa shape index (κ2) is 10.3. The van der Waals surface area contributed by atoms with Gasteiger partial charge in [0.15, 0.2) is 6.61 Å². The van der Waals surface area contributed by atoms with E-state index in [-0.39, 0.29) is 34.2 Å². The van der Waals surface area contributed by atoms with E-state index in [9.17, 15) is 13.2 Å². The highest BCUT2D eigenvalue weighted by atomic mass is 35.5. The smallest absolute Gasteiger partial charge is 0.260 e. The highest BCUT2D eigenvalue weighted by Gasteiger charge is 2.23. The van der Waals surface area contributed by atoms with E-state index in [2.05, 4.69) is 9.62 Å². The van der Waals surface area contributed by atoms with Crippen LogP contribution in [-0.4, -0.2) is 58.1 Å². The summed E-state index contributed by atoms with van der Waals surface area (Å²) in [5, 5.41) is 0.818. The fourth-order valence-electron chi connectivity index (χ4n) is 3.49. The lowest BCUT2D eigenvalue weighted by Crippen LogP contribution is -2.50. The van der Waals surface area contributed by atoms with Crippen molar-refractivity contribution in [1.82, 2.24) is 9.62 Å². The van der Waals surface area contributed by atoms with Crippen LogP contribution in [0, 0.1) is 6.92 Å². The maximum Gasteiger partial charge on any atom is 0.260 e. The minimum atomic E-state index is -3.66. The molecule has 1 N–H and O–H groups in total. The number of carbonyl (C=O) groups is 1. The Morgan fingerprint density at radius 2 is 1.78 bits per heavy atom. The summed E-state index contributed by atoms with van der Waals surface area (Å²) in [6.45, 7) is 7.87. The van der Waals surface area contributed by atoms with Crippen LogP contribution in [0.3, 0.4) is 0 Å². The Balaban J connectivity index is 1.56. The largest absolute Gasteiger partial charge is 0.482 e. The molecule has 0 atom stereocenters. The third-order valence-corrected chi connectivity index (χ3v) is 7.29. The Morgan fingerprint density at radius 3 is 2.41 bits per heavy atom. The van der Waals surface area contributed by atoms with Crippen LogP contribution in [0.2, 0.25) is 10.0 Å². The van der Waals surface area contributed by atoms with Gasteiger partial charge in [-0.15, -0.1) is 0 Å². The molecule has 3 rings (SSSR count). The first-order chi connectivity index (χ1) is 15.1. The molecule has 32 heavy (non-hydrogen) atoms. The SMILES string of the molecule is Cc1ccc(Cl)cc1N1CCN(C(=O)COc2ccc(S(=O)(=O)NC(C)C)cc2Cl)CC1. The average Bonchev–Trinajstić information content (AvgIpc) is 2.73. The molecule has 1 aliphatic rings. The molecule has 0 radical (unpaired) electrons. The molecule has 7 nitrogen and oxygen atoms in total. The van der Waals surface area contributed by atoms with Crippen molar-refractivity contribution in [1.29, 1.82) is 0 Å². The molecular weight excluding hydrogens is 473 g/mol. The zero-order chi connectivity index (χ0) is 23.5. The third kappa shape index (κ3) is 6.07. The third-order valence-electron chi connectivity index (χ3n) is 5.10. The zero-order valence-corrected chi connectivity index (χ0v) is 20.6. The summed E-state index contributed by atoms with van der Waals surface area (Å²) in [5.74, 6) is 0.110. The molecule has 0 aromatic heterocycles. The summed E-state index contributed by atoms with van der Waals surface area (Å²) in [7, 11) is -3.66. The number of hydrogen-bond acceptors (Lipinski definition) is 5. The molecule has 0 aliphatic carbocycles. The first-order valence-corrected chi connectivity index (χ1v) is 12.5. The fraction of sp³-hybridized carbons (Fsp3) is 0.409. The predicted molar refractivity (Wildman–Crippen MR) is 127 cm³/mol. The van der Waals surface area contributed by atoms with Gasteiger partial charge in [0.25, 0.3) is 5.91 Å². The quantitative estimate of drug-likeness (QED) is 0.627. The van der Waals surface area contributed by atoms with Gasteiger partial charge in [0.1, 0.15) is 5.75 Å². The number of rotatable bonds is 7. The van der Waals surface area contributed by atoms with Crippen molar-refractivity contribution in [2.24, 2.45) is 0 Å². The predicted octanol–water partition coefficient (Wildman–Crippen LogP) is 3.72. The van der Waals surface area contributed by atoms with Crippen molar-refractivity contribution in [3.8, 4) is 5.75 Å². The van der Waals surface area contributed by atoms with Crippen LogP contribution in [0.4, 0.5) is 5.69 Å². The molecule has 2 aromatic carbocycles. The summed E-state index contributed by atoms with van der Waals surface area (Å²) in [6, 6.07) is 9.74. The van der Waals surface area contributed by atoms with Crippen LogP contribution < -0.4 is 14.4 Å². The van der Waals surface area contributed by atoms with Gasteiger partial charge in [-0.3, -0.25) is 4.79 Å². The van der Waals surface area contributed by atoms with Gasteiger partial charge in [0, 0.05) is 42.9 Å². The molecule has 1 fully saturated rings. The van der Waals surface area contributed by atoms with Crippen LogP contribution in [0.25, 0.3) is 0 Å². The van der Waals surface area contributed by atoms with E-state index in [1.165, 1.54) is 18.2 Å². The molecular formula is C22H27Cl2N3O4S. The number of nitrogens with zero attached hydrogens (tertiary/aromatic N) is 2. The van der Waals surface area contributed by atoms with Gasteiger partial charge in [0.2, 0.25) is 10.0 Å². The highest BCUT2D eigenvalue weighted by molar-refractivity contribution is 7.89. The van der Waals surface area contributed by atoms with Crippen LogP contribution in [0.5, 0.6) is 5.75 Å². The van der Waals surface area contributed by atoms with Crippen molar-refractivity contribution in [2.75, 3.05) is 37.7 Å². The Morgan fingerprint density at radius 1 is 1.09 bits per heavy atom. The normalized spacial score (nSPS) is 14.7. The van der Waals surface area contributed by atoms with Gasteiger partial charge < -0.3 is 14.5 Å². The van der Waals surface area contributed by atoms with Crippen molar-refractivity contribution in [2.45, 2.75) is 31.7 Å². The zero-order valence-electron chi connectivity index (χ0n) is 18.3. The minimum absolute atomic E-state index is 0.0438. The van der Waals surface area contributed by atoms with E-state index < -0.39 is 10.0 Å². The maximum atomic E-state index is 12.6. The second-order valence-electron chi connectivity index (χ2n) is 7.96. The Labute approximate surface area is 199 Å². The summed E-state index contributed by atoms with van der Waals surface area (Å²) >= 11 is 12.3. The van der Waals surface area contributed by atoms with Crippen LogP contribution in [-0.2, 0) is 14.8 Å². The number of halogens is 2. The Kier molecular flexibility index (Phi) is 7.92. The lowest BCUT2D eigenvalue weighted by atomic mass is 10.1. The second-order valence-corrected chi connectivity index (χ2v) is 10.5. The Hall–Kier alpha value is -2.00. The molecule has 1 aliphatic heterocycles. The minimum Gasteiger partial charge on any atom is -0.482 e. The van der Waals surface area contributed by atoms with Crippen molar-refractivity contribution in [3.05, 3.63) is 52.0 Å². The van der Waals surface area contributed by atoms with Gasteiger partial charge in [0.05, 0.1) is 9.92 Å². The van der Waals surface area contributed by atoms with E-state index in [1.807, 2.05) is 25.1 Å². The number of anilines is 1. The van der Waals surface area contributed by atoms with Crippen LogP contribution >= 0.6 is 23.2 Å². The molecule has 2 aromatic rings. The van der Waals surface area contributed by atoms with E-state index >= 15 is 0 Å². The first kappa shape index (κ1) is 24.6. The van der Waals surface area contributed by atoms with Crippen molar-refractivity contribution in [3.63, 3.8) is 0 Å². The number of ether oxygens (including phenoxy) is 1.